The lowest BCUT2D eigenvalue weighted by Crippen LogP contribution is -2.45. The van der Waals surface area contributed by atoms with Gasteiger partial charge in [0, 0.05) is 37.2 Å². The van der Waals surface area contributed by atoms with Gasteiger partial charge in [-0.3, -0.25) is 4.79 Å². The van der Waals surface area contributed by atoms with Crippen LogP contribution in [0.5, 0.6) is 5.75 Å². The summed E-state index contributed by atoms with van der Waals surface area (Å²) in [7, 11) is 0. The van der Waals surface area contributed by atoms with Crippen LogP contribution in [0.2, 0.25) is 5.02 Å². The van der Waals surface area contributed by atoms with E-state index < -0.39 is 0 Å². The summed E-state index contributed by atoms with van der Waals surface area (Å²) in [6.45, 7) is 3.88. The van der Waals surface area contributed by atoms with E-state index in [0.717, 1.165) is 57.9 Å². The van der Waals surface area contributed by atoms with Gasteiger partial charge in [-0.2, -0.15) is 11.8 Å². The van der Waals surface area contributed by atoms with Crippen LogP contribution in [0, 0.1) is 0 Å². The summed E-state index contributed by atoms with van der Waals surface area (Å²) in [5.74, 6) is 3.34. The maximum absolute atomic E-state index is 13.0. The van der Waals surface area contributed by atoms with Gasteiger partial charge < -0.3 is 14.5 Å². The molecule has 4 nitrogen and oxygen atoms in total. The predicted octanol–water partition coefficient (Wildman–Crippen LogP) is 4.70. The number of carbonyl (C=O) groups is 1. The second-order valence-corrected chi connectivity index (χ2v) is 9.85. The Hall–Kier alpha value is -0.910. The Bertz CT molecular complexity index is 667. The van der Waals surface area contributed by atoms with Gasteiger partial charge in [0.2, 0.25) is 0 Å². The standard InChI is InChI=1S/C22H31ClN2O2S/c23-17-4-5-20(22(26)25-10-2-1-3-11-25)21(16-17)27-19-6-12-24(13-7-19)18-8-14-28-15-9-18/h4-5,16,18-19H,1-3,6-15H2. The smallest absolute Gasteiger partial charge is 0.257 e. The van der Waals surface area contributed by atoms with Crippen molar-refractivity contribution in [2.24, 2.45) is 0 Å². The van der Waals surface area contributed by atoms with Crippen LogP contribution in [0.25, 0.3) is 0 Å². The van der Waals surface area contributed by atoms with Crippen molar-refractivity contribution in [1.29, 1.82) is 0 Å². The van der Waals surface area contributed by atoms with Gasteiger partial charge in [-0.25, -0.2) is 0 Å². The monoisotopic (exact) mass is 422 g/mol. The van der Waals surface area contributed by atoms with E-state index in [2.05, 4.69) is 16.7 Å². The highest BCUT2D eigenvalue weighted by Crippen LogP contribution is 2.30. The molecular formula is C22H31ClN2O2S. The molecule has 4 rings (SSSR count). The zero-order chi connectivity index (χ0) is 19.3. The molecule has 0 aliphatic carbocycles. The van der Waals surface area contributed by atoms with Gasteiger partial charge in [0.15, 0.2) is 0 Å². The minimum absolute atomic E-state index is 0.0866. The number of piperidine rings is 2. The number of likely N-dealkylation sites (tertiary alicyclic amines) is 2. The molecule has 0 radical (unpaired) electrons. The Morgan fingerprint density at radius 3 is 2.43 bits per heavy atom. The van der Waals surface area contributed by atoms with Gasteiger partial charge in [-0.05, 0) is 74.7 Å². The first kappa shape index (κ1) is 20.4. The van der Waals surface area contributed by atoms with Crippen LogP contribution in [-0.2, 0) is 0 Å². The number of ether oxygens (including phenoxy) is 1. The quantitative estimate of drug-likeness (QED) is 0.703. The highest BCUT2D eigenvalue weighted by molar-refractivity contribution is 7.99. The van der Waals surface area contributed by atoms with Crippen LogP contribution in [0.15, 0.2) is 18.2 Å². The van der Waals surface area contributed by atoms with Gasteiger partial charge >= 0.3 is 0 Å². The Kier molecular flexibility index (Phi) is 7.08. The average molecular weight is 423 g/mol. The molecule has 3 fully saturated rings. The fourth-order valence-electron chi connectivity index (χ4n) is 4.63. The zero-order valence-corrected chi connectivity index (χ0v) is 18.1. The SMILES string of the molecule is O=C(c1ccc(Cl)cc1OC1CCN(C2CCSCC2)CC1)N1CCCCC1. The lowest BCUT2D eigenvalue weighted by atomic mass is 10.0. The van der Waals surface area contributed by atoms with Gasteiger partial charge in [-0.1, -0.05) is 11.6 Å². The average Bonchev–Trinajstić information content (AvgIpc) is 2.75. The number of hydrogen-bond acceptors (Lipinski definition) is 4. The molecule has 3 heterocycles. The van der Waals surface area contributed by atoms with Crippen LogP contribution in [0.4, 0.5) is 0 Å². The molecule has 0 N–H and O–H groups in total. The number of nitrogens with zero attached hydrogens (tertiary/aromatic N) is 2. The van der Waals surface area contributed by atoms with Gasteiger partial charge in [0.05, 0.1) is 5.56 Å². The van der Waals surface area contributed by atoms with Crippen molar-refractivity contribution < 1.29 is 9.53 Å². The molecule has 3 aliphatic heterocycles. The molecule has 0 unspecified atom stereocenters. The summed E-state index contributed by atoms with van der Waals surface area (Å²) in [5.41, 5.74) is 0.665. The van der Waals surface area contributed by atoms with E-state index in [1.165, 1.54) is 30.8 Å². The van der Waals surface area contributed by atoms with E-state index in [1.54, 1.807) is 6.07 Å². The molecule has 28 heavy (non-hydrogen) atoms. The Labute approximate surface area is 177 Å². The lowest BCUT2D eigenvalue weighted by Gasteiger charge is -2.39. The fraction of sp³-hybridized carbons (Fsp3) is 0.682. The van der Waals surface area contributed by atoms with Crippen LogP contribution < -0.4 is 4.74 Å². The maximum Gasteiger partial charge on any atom is 0.257 e. The Morgan fingerprint density at radius 1 is 1.00 bits per heavy atom. The molecule has 0 bridgehead atoms. The van der Waals surface area contributed by atoms with E-state index in [1.807, 2.05) is 17.0 Å². The van der Waals surface area contributed by atoms with Crippen LogP contribution in [0.3, 0.4) is 0 Å². The van der Waals surface area contributed by atoms with Crippen molar-refractivity contribution >= 4 is 29.3 Å². The Balaban J connectivity index is 1.39. The molecule has 3 saturated heterocycles. The third-order valence-electron chi connectivity index (χ3n) is 6.29. The summed E-state index contributed by atoms with van der Waals surface area (Å²) < 4.78 is 6.35. The Morgan fingerprint density at radius 2 is 1.71 bits per heavy atom. The van der Waals surface area contributed by atoms with Crippen molar-refractivity contribution in [2.75, 3.05) is 37.7 Å². The first-order valence-corrected chi connectivity index (χ1v) is 12.3. The number of hydrogen-bond donors (Lipinski definition) is 0. The van der Waals surface area contributed by atoms with E-state index in [4.69, 9.17) is 16.3 Å². The molecule has 1 aromatic rings. The van der Waals surface area contributed by atoms with Crippen molar-refractivity contribution in [1.82, 2.24) is 9.80 Å². The summed E-state index contributed by atoms with van der Waals surface area (Å²) in [6.07, 6.45) is 8.24. The van der Waals surface area contributed by atoms with E-state index >= 15 is 0 Å². The molecule has 154 valence electrons. The van der Waals surface area contributed by atoms with Crippen LogP contribution in [0.1, 0.15) is 55.3 Å². The minimum atomic E-state index is 0.0866. The molecule has 1 amide bonds. The summed E-state index contributed by atoms with van der Waals surface area (Å²) in [6, 6.07) is 6.21. The number of carbonyl (C=O) groups excluding carboxylic acids is 1. The summed E-state index contributed by atoms with van der Waals surface area (Å²) in [4.78, 5) is 17.6. The number of rotatable bonds is 4. The van der Waals surface area contributed by atoms with Crippen molar-refractivity contribution in [3.63, 3.8) is 0 Å². The first-order chi connectivity index (χ1) is 13.7. The van der Waals surface area contributed by atoms with Gasteiger partial charge in [-0.15, -0.1) is 0 Å². The molecule has 0 spiro atoms. The molecular weight excluding hydrogens is 392 g/mol. The van der Waals surface area contributed by atoms with Gasteiger partial charge in [0.25, 0.3) is 5.91 Å². The molecule has 0 aromatic heterocycles. The first-order valence-electron chi connectivity index (χ1n) is 10.8. The molecule has 6 heteroatoms. The minimum Gasteiger partial charge on any atom is -0.489 e. The van der Waals surface area contributed by atoms with E-state index in [-0.39, 0.29) is 12.0 Å². The number of halogens is 1. The van der Waals surface area contributed by atoms with Crippen LogP contribution >= 0.6 is 23.4 Å². The van der Waals surface area contributed by atoms with Crippen molar-refractivity contribution in [3.8, 4) is 5.75 Å². The highest BCUT2D eigenvalue weighted by Gasteiger charge is 2.28. The summed E-state index contributed by atoms with van der Waals surface area (Å²) >= 11 is 8.32. The highest BCUT2D eigenvalue weighted by atomic mass is 35.5. The second-order valence-electron chi connectivity index (χ2n) is 8.19. The number of thioether (sulfide) groups is 1. The van der Waals surface area contributed by atoms with Crippen molar-refractivity contribution in [2.45, 2.75) is 57.1 Å². The predicted molar refractivity (Wildman–Crippen MR) is 117 cm³/mol. The van der Waals surface area contributed by atoms with E-state index in [0.29, 0.717) is 16.3 Å². The maximum atomic E-state index is 13.0. The van der Waals surface area contributed by atoms with Gasteiger partial charge in [0.1, 0.15) is 11.9 Å². The third-order valence-corrected chi connectivity index (χ3v) is 7.58. The molecule has 3 aliphatic rings. The third kappa shape index (κ3) is 4.98. The second kappa shape index (κ2) is 9.73. The topological polar surface area (TPSA) is 32.8 Å². The van der Waals surface area contributed by atoms with Crippen molar-refractivity contribution in [3.05, 3.63) is 28.8 Å². The molecule has 0 atom stereocenters. The normalized spacial score (nSPS) is 23.0. The zero-order valence-electron chi connectivity index (χ0n) is 16.6. The summed E-state index contributed by atoms with van der Waals surface area (Å²) in [5, 5.41) is 0.627. The number of benzene rings is 1. The molecule has 0 saturated carbocycles. The molecule has 1 aromatic carbocycles. The lowest BCUT2D eigenvalue weighted by molar-refractivity contribution is 0.0659. The van der Waals surface area contributed by atoms with E-state index in [9.17, 15) is 4.79 Å². The largest absolute Gasteiger partial charge is 0.489 e. The fourth-order valence-corrected chi connectivity index (χ4v) is 5.87. The van der Waals surface area contributed by atoms with Crippen LogP contribution in [-0.4, -0.2) is 65.5 Å². The number of amides is 1.